The summed E-state index contributed by atoms with van der Waals surface area (Å²) in [6.07, 6.45) is 0.334. The smallest absolute Gasteiger partial charge is 0.338 e. The van der Waals surface area contributed by atoms with Gasteiger partial charge in [0.2, 0.25) is 5.91 Å². The molecule has 0 spiro atoms. The van der Waals surface area contributed by atoms with E-state index in [1.54, 1.807) is 6.07 Å². The Bertz CT molecular complexity index is 566. The van der Waals surface area contributed by atoms with Crippen LogP contribution in [0.1, 0.15) is 27.9 Å². The van der Waals surface area contributed by atoms with Gasteiger partial charge in [-0.05, 0) is 37.1 Å². The fourth-order valence-corrected chi connectivity index (χ4v) is 2.44. The Balaban J connectivity index is 2.07. The first-order valence-corrected chi connectivity index (χ1v) is 7.31. The zero-order valence-corrected chi connectivity index (χ0v) is 13.2. The maximum absolute atomic E-state index is 12.1. The summed E-state index contributed by atoms with van der Waals surface area (Å²) in [6.45, 7) is 5.73. The van der Waals surface area contributed by atoms with Gasteiger partial charge in [0.05, 0.1) is 25.9 Å². The second-order valence-corrected chi connectivity index (χ2v) is 5.44. The van der Waals surface area contributed by atoms with Crippen molar-refractivity contribution < 1.29 is 19.1 Å². The van der Waals surface area contributed by atoms with Crippen molar-refractivity contribution in [2.45, 2.75) is 26.3 Å². The van der Waals surface area contributed by atoms with E-state index in [0.717, 1.165) is 17.7 Å². The summed E-state index contributed by atoms with van der Waals surface area (Å²) in [5.41, 5.74) is 2.85. The molecular formula is C16H22N2O4. The van der Waals surface area contributed by atoms with Crippen LogP contribution in [0.4, 0.5) is 5.69 Å². The van der Waals surface area contributed by atoms with Crippen molar-refractivity contribution in [3.05, 3.63) is 28.8 Å². The Morgan fingerprint density at radius 1 is 1.41 bits per heavy atom. The number of methoxy groups -OCH3 is 1. The largest absolute Gasteiger partial charge is 0.465 e. The number of aryl methyl sites for hydroxylation is 1. The summed E-state index contributed by atoms with van der Waals surface area (Å²) in [4.78, 5) is 23.9. The maximum Gasteiger partial charge on any atom is 0.338 e. The number of ether oxygens (including phenoxy) is 2. The average Bonchev–Trinajstić information content (AvgIpc) is 2.50. The fraction of sp³-hybridized carbons (Fsp3) is 0.500. The van der Waals surface area contributed by atoms with Crippen molar-refractivity contribution in [3.63, 3.8) is 0 Å². The fourth-order valence-electron chi connectivity index (χ4n) is 2.44. The highest BCUT2D eigenvalue weighted by Gasteiger charge is 2.18. The molecule has 1 amide bonds. The molecule has 6 heteroatoms. The van der Waals surface area contributed by atoms with Crippen LogP contribution < -0.4 is 10.6 Å². The highest BCUT2D eigenvalue weighted by molar-refractivity contribution is 5.96. The molecule has 22 heavy (non-hydrogen) atoms. The third kappa shape index (κ3) is 4.05. The molecule has 1 saturated heterocycles. The molecule has 0 bridgehead atoms. The standard InChI is InChI=1S/C16H22N2O4/c1-10-6-12(7-14(11(10)2)16(20)21-3)18-15(19)8-13-9-22-5-4-17-13/h6-7,13,17H,4-5,8-9H2,1-3H3,(H,18,19). The number of hydrogen-bond acceptors (Lipinski definition) is 5. The minimum atomic E-state index is -0.404. The van der Waals surface area contributed by atoms with Gasteiger partial charge in [0.1, 0.15) is 0 Å². The summed E-state index contributed by atoms with van der Waals surface area (Å²) >= 11 is 0. The van der Waals surface area contributed by atoms with E-state index in [-0.39, 0.29) is 11.9 Å². The van der Waals surface area contributed by atoms with Crippen LogP contribution in [0, 0.1) is 13.8 Å². The van der Waals surface area contributed by atoms with E-state index >= 15 is 0 Å². The third-order valence-corrected chi connectivity index (χ3v) is 3.79. The zero-order chi connectivity index (χ0) is 16.1. The normalized spacial score (nSPS) is 17.9. The van der Waals surface area contributed by atoms with Gasteiger partial charge in [-0.3, -0.25) is 4.79 Å². The van der Waals surface area contributed by atoms with E-state index < -0.39 is 5.97 Å². The molecule has 0 aliphatic carbocycles. The minimum absolute atomic E-state index is 0.0281. The monoisotopic (exact) mass is 306 g/mol. The van der Waals surface area contributed by atoms with Crippen LogP contribution in [0.15, 0.2) is 12.1 Å². The van der Waals surface area contributed by atoms with Gasteiger partial charge in [-0.2, -0.15) is 0 Å². The van der Waals surface area contributed by atoms with Crippen LogP contribution in [-0.2, 0) is 14.3 Å². The number of carbonyl (C=O) groups excluding carboxylic acids is 2. The molecule has 1 aromatic carbocycles. The van der Waals surface area contributed by atoms with Gasteiger partial charge in [0, 0.05) is 24.7 Å². The van der Waals surface area contributed by atoms with Crippen molar-refractivity contribution in [1.29, 1.82) is 0 Å². The lowest BCUT2D eigenvalue weighted by Crippen LogP contribution is -2.43. The first kappa shape index (κ1) is 16.5. The second kappa shape index (κ2) is 7.38. The van der Waals surface area contributed by atoms with E-state index in [2.05, 4.69) is 10.6 Å². The molecule has 1 atom stereocenters. The molecule has 0 saturated carbocycles. The topological polar surface area (TPSA) is 76.7 Å². The van der Waals surface area contributed by atoms with Gasteiger partial charge in [-0.15, -0.1) is 0 Å². The number of nitrogens with one attached hydrogen (secondary N) is 2. The predicted octanol–water partition coefficient (Wildman–Crippen LogP) is 1.41. The maximum atomic E-state index is 12.1. The molecule has 1 aromatic rings. The lowest BCUT2D eigenvalue weighted by atomic mass is 10.0. The van der Waals surface area contributed by atoms with Crippen molar-refractivity contribution in [2.24, 2.45) is 0 Å². The van der Waals surface area contributed by atoms with Gasteiger partial charge in [-0.1, -0.05) is 0 Å². The second-order valence-electron chi connectivity index (χ2n) is 5.44. The predicted molar refractivity (Wildman–Crippen MR) is 83.1 cm³/mol. The molecule has 120 valence electrons. The Kier molecular flexibility index (Phi) is 5.51. The molecule has 1 aliphatic heterocycles. The zero-order valence-electron chi connectivity index (χ0n) is 13.2. The lowest BCUT2D eigenvalue weighted by Gasteiger charge is -2.23. The summed E-state index contributed by atoms with van der Waals surface area (Å²) in [5, 5.41) is 6.07. The van der Waals surface area contributed by atoms with Gasteiger partial charge >= 0.3 is 5.97 Å². The summed E-state index contributed by atoms with van der Waals surface area (Å²) in [6, 6.07) is 3.53. The van der Waals surface area contributed by atoms with E-state index in [4.69, 9.17) is 9.47 Å². The Labute approximate surface area is 130 Å². The van der Waals surface area contributed by atoms with Gasteiger partial charge in [0.25, 0.3) is 0 Å². The van der Waals surface area contributed by atoms with E-state index in [0.29, 0.717) is 30.9 Å². The Morgan fingerprint density at radius 2 is 2.18 bits per heavy atom. The van der Waals surface area contributed by atoms with Crippen molar-refractivity contribution in [2.75, 3.05) is 32.2 Å². The van der Waals surface area contributed by atoms with Crippen LogP contribution in [0.5, 0.6) is 0 Å². The minimum Gasteiger partial charge on any atom is -0.465 e. The molecule has 2 rings (SSSR count). The number of anilines is 1. The first-order valence-electron chi connectivity index (χ1n) is 7.31. The molecule has 6 nitrogen and oxygen atoms in total. The molecule has 1 heterocycles. The quantitative estimate of drug-likeness (QED) is 0.823. The van der Waals surface area contributed by atoms with Crippen molar-refractivity contribution >= 4 is 17.6 Å². The summed E-state index contributed by atoms with van der Waals surface area (Å²) < 4.78 is 10.1. The molecule has 0 radical (unpaired) electrons. The van der Waals surface area contributed by atoms with E-state index in [1.807, 2.05) is 19.9 Å². The SMILES string of the molecule is COC(=O)c1cc(NC(=O)CC2COCCN2)cc(C)c1C. The van der Waals surface area contributed by atoms with Gasteiger partial charge in [-0.25, -0.2) is 4.79 Å². The van der Waals surface area contributed by atoms with Crippen molar-refractivity contribution in [1.82, 2.24) is 5.32 Å². The summed E-state index contributed by atoms with van der Waals surface area (Å²) in [5.74, 6) is -0.513. The number of esters is 1. The molecule has 1 fully saturated rings. The first-order chi connectivity index (χ1) is 10.5. The average molecular weight is 306 g/mol. The number of amides is 1. The third-order valence-electron chi connectivity index (χ3n) is 3.79. The van der Waals surface area contributed by atoms with Crippen molar-refractivity contribution in [3.8, 4) is 0 Å². The Hall–Kier alpha value is -1.92. The number of morpholine rings is 1. The highest BCUT2D eigenvalue weighted by Crippen LogP contribution is 2.21. The van der Waals surface area contributed by atoms with Crippen LogP contribution in [-0.4, -0.2) is 44.8 Å². The Morgan fingerprint density at radius 3 is 2.82 bits per heavy atom. The van der Waals surface area contributed by atoms with Crippen LogP contribution in [0.2, 0.25) is 0 Å². The highest BCUT2D eigenvalue weighted by atomic mass is 16.5. The van der Waals surface area contributed by atoms with Gasteiger partial charge in [0.15, 0.2) is 0 Å². The molecule has 0 aromatic heterocycles. The number of carbonyl (C=O) groups is 2. The van der Waals surface area contributed by atoms with Crippen LogP contribution in [0.3, 0.4) is 0 Å². The van der Waals surface area contributed by atoms with E-state index in [9.17, 15) is 9.59 Å². The number of hydrogen-bond donors (Lipinski definition) is 2. The van der Waals surface area contributed by atoms with Crippen LogP contribution in [0.25, 0.3) is 0 Å². The summed E-state index contributed by atoms with van der Waals surface area (Å²) in [7, 11) is 1.34. The molecule has 2 N–H and O–H groups in total. The molecule has 1 aliphatic rings. The van der Waals surface area contributed by atoms with Gasteiger partial charge < -0.3 is 20.1 Å². The lowest BCUT2D eigenvalue weighted by molar-refractivity contribution is -0.117. The van der Waals surface area contributed by atoms with E-state index in [1.165, 1.54) is 7.11 Å². The van der Waals surface area contributed by atoms with Crippen LogP contribution >= 0.6 is 0 Å². The molecular weight excluding hydrogens is 284 g/mol. The number of rotatable bonds is 4. The molecule has 1 unspecified atom stereocenters. The number of benzene rings is 1.